The van der Waals surface area contributed by atoms with E-state index in [-0.39, 0.29) is 0 Å². The van der Waals surface area contributed by atoms with Gasteiger partial charge in [0.25, 0.3) is 0 Å². The predicted molar refractivity (Wildman–Crippen MR) is 130 cm³/mol. The smallest absolute Gasteiger partial charge is 0.240 e. The molecule has 5 heterocycles. The molecule has 6 rings (SSSR count). The van der Waals surface area contributed by atoms with E-state index >= 15 is 0 Å². The Labute approximate surface area is 202 Å². The fraction of sp³-hybridized carbons (Fsp3) is 0.320. The number of nitrogens with zero attached hydrogens (tertiary/aromatic N) is 8. The highest BCUT2D eigenvalue weighted by molar-refractivity contribution is 5.96. The Kier molecular flexibility index (Phi) is 5.59. The van der Waals surface area contributed by atoms with Gasteiger partial charge in [-0.05, 0) is 32.2 Å². The molecule has 0 amide bonds. The lowest BCUT2D eigenvalue weighted by Gasteiger charge is -2.32. The van der Waals surface area contributed by atoms with Crippen molar-refractivity contribution in [2.24, 2.45) is 0 Å². The number of fused-ring (bicyclic) bond motifs is 3. The van der Waals surface area contributed by atoms with Crippen molar-refractivity contribution in [2.45, 2.75) is 20.1 Å². The van der Waals surface area contributed by atoms with Gasteiger partial charge in [-0.15, -0.1) is 15.3 Å². The van der Waals surface area contributed by atoms with Crippen LogP contribution in [0, 0.1) is 6.92 Å². The molecule has 10 heteroatoms. The summed E-state index contributed by atoms with van der Waals surface area (Å²) in [5.41, 5.74) is 3.11. The molecule has 0 aliphatic carbocycles. The van der Waals surface area contributed by atoms with Crippen LogP contribution in [0.2, 0.25) is 0 Å². The van der Waals surface area contributed by atoms with Gasteiger partial charge in [-0.3, -0.25) is 9.88 Å². The Bertz CT molecular complexity index is 1490. The second kappa shape index (κ2) is 9.05. The molecule has 0 spiro atoms. The molecule has 0 N–H and O–H groups in total. The summed E-state index contributed by atoms with van der Waals surface area (Å²) in [6.45, 7) is 7.27. The van der Waals surface area contributed by atoms with Crippen LogP contribution in [0.25, 0.3) is 27.9 Å². The van der Waals surface area contributed by atoms with Crippen LogP contribution >= 0.6 is 0 Å². The van der Waals surface area contributed by atoms with Gasteiger partial charge in [-0.1, -0.05) is 29.4 Å². The van der Waals surface area contributed by atoms with Crippen LogP contribution in [-0.4, -0.2) is 73.0 Å². The third-order valence-electron chi connectivity index (χ3n) is 6.29. The van der Waals surface area contributed by atoms with Crippen LogP contribution in [-0.2, 0) is 13.2 Å². The van der Waals surface area contributed by atoms with E-state index in [1.165, 1.54) is 0 Å². The number of likely N-dealkylation sites (N-methyl/N-ethyl adjacent to an activating group) is 1. The predicted octanol–water partition coefficient (Wildman–Crippen LogP) is 2.96. The summed E-state index contributed by atoms with van der Waals surface area (Å²) >= 11 is 0. The standard InChI is InChI=1S/C25H26N8O2/c1-17-14-22(30-35-17)24-28-27-23-20-8-3-4-9-21(20)25(29-33(23)24)34-16-19-7-5-6-18(26-19)15-32-12-10-31(2)11-13-32/h3-9,14H,10-13,15-16H2,1-2H3. The summed E-state index contributed by atoms with van der Waals surface area (Å²) in [6, 6.07) is 15.8. The van der Waals surface area contributed by atoms with Gasteiger partial charge >= 0.3 is 0 Å². The summed E-state index contributed by atoms with van der Waals surface area (Å²) in [5.74, 6) is 1.68. The van der Waals surface area contributed by atoms with Crippen molar-refractivity contribution < 1.29 is 9.26 Å². The zero-order valence-corrected chi connectivity index (χ0v) is 19.8. The van der Waals surface area contributed by atoms with Crippen molar-refractivity contribution in [1.82, 2.24) is 39.8 Å². The first-order valence-electron chi connectivity index (χ1n) is 11.7. The maximum Gasteiger partial charge on any atom is 0.240 e. The van der Waals surface area contributed by atoms with E-state index in [0.717, 1.165) is 54.9 Å². The lowest BCUT2D eigenvalue weighted by atomic mass is 10.2. The Morgan fingerprint density at radius 1 is 0.943 bits per heavy atom. The maximum atomic E-state index is 6.22. The lowest BCUT2D eigenvalue weighted by Crippen LogP contribution is -2.44. The van der Waals surface area contributed by atoms with Gasteiger partial charge < -0.3 is 14.2 Å². The van der Waals surface area contributed by atoms with Crippen molar-refractivity contribution in [3.05, 3.63) is 65.7 Å². The minimum absolute atomic E-state index is 0.305. The van der Waals surface area contributed by atoms with E-state index in [2.05, 4.69) is 38.3 Å². The largest absolute Gasteiger partial charge is 0.470 e. The molecular weight excluding hydrogens is 444 g/mol. The van der Waals surface area contributed by atoms with Crippen LogP contribution in [0.3, 0.4) is 0 Å². The Morgan fingerprint density at radius 2 is 1.74 bits per heavy atom. The molecule has 1 aromatic carbocycles. The van der Waals surface area contributed by atoms with Gasteiger partial charge in [0.1, 0.15) is 12.4 Å². The lowest BCUT2D eigenvalue weighted by molar-refractivity contribution is 0.146. The van der Waals surface area contributed by atoms with Crippen molar-refractivity contribution in [3.63, 3.8) is 0 Å². The summed E-state index contributed by atoms with van der Waals surface area (Å²) in [7, 11) is 2.16. The number of aryl methyl sites for hydroxylation is 1. The van der Waals surface area contributed by atoms with Crippen LogP contribution < -0.4 is 4.74 Å². The summed E-state index contributed by atoms with van der Waals surface area (Å²) in [5, 5.41) is 19.2. The number of piperazine rings is 1. The first kappa shape index (κ1) is 21.6. The normalized spacial score (nSPS) is 15.3. The quantitative estimate of drug-likeness (QED) is 0.371. The molecule has 0 atom stereocenters. The van der Waals surface area contributed by atoms with Crippen LogP contribution in [0.1, 0.15) is 17.1 Å². The minimum atomic E-state index is 0.305. The molecule has 10 nitrogen and oxygen atoms in total. The highest BCUT2D eigenvalue weighted by atomic mass is 16.5. The molecule has 1 aliphatic heterocycles. The van der Waals surface area contributed by atoms with Crippen molar-refractivity contribution in [3.8, 4) is 17.4 Å². The number of pyridine rings is 1. The number of hydrogen-bond acceptors (Lipinski definition) is 9. The van der Waals surface area contributed by atoms with E-state index < -0.39 is 0 Å². The average molecular weight is 471 g/mol. The Balaban J connectivity index is 1.28. The third kappa shape index (κ3) is 4.33. The monoisotopic (exact) mass is 470 g/mol. The summed E-state index contributed by atoms with van der Waals surface area (Å²) in [4.78, 5) is 9.63. The topological polar surface area (TPSA) is 97.7 Å². The molecule has 35 heavy (non-hydrogen) atoms. The number of aromatic nitrogens is 6. The average Bonchev–Trinajstić information content (AvgIpc) is 3.50. The molecule has 0 bridgehead atoms. The van der Waals surface area contributed by atoms with Gasteiger partial charge in [0.05, 0.1) is 11.4 Å². The maximum absolute atomic E-state index is 6.22. The molecular formula is C25H26N8O2. The van der Waals surface area contributed by atoms with Gasteiger partial charge in [0.2, 0.25) is 11.7 Å². The molecule has 1 saturated heterocycles. The van der Waals surface area contributed by atoms with Gasteiger partial charge in [-0.25, -0.2) is 0 Å². The molecule has 1 aliphatic rings. The first-order valence-corrected chi connectivity index (χ1v) is 11.7. The molecule has 0 unspecified atom stereocenters. The minimum Gasteiger partial charge on any atom is -0.470 e. The third-order valence-corrected chi connectivity index (χ3v) is 6.29. The van der Waals surface area contributed by atoms with Crippen LogP contribution in [0.15, 0.2) is 53.1 Å². The molecule has 0 saturated carbocycles. The SMILES string of the molecule is Cc1cc(-c2nnc3c4ccccc4c(OCc4cccc(CN5CCN(C)CC5)n4)nn23)no1. The van der Waals surface area contributed by atoms with Crippen LogP contribution in [0.4, 0.5) is 0 Å². The van der Waals surface area contributed by atoms with Crippen molar-refractivity contribution >= 4 is 16.4 Å². The number of hydrogen-bond donors (Lipinski definition) is 0. The number of rotatable bonds is 6. The second-order valence-electron chi connectivity index (χ2n) is 8.92. The molecule has 0 radical (unpaired) electrons. The Hall–Kier alpha value is -3.89. The fourth-order valence-electron chi connectivity index (χ4n) is 4.36. The van der Waals surface area contributed by atoms with Gasteiger partial charge in [-0.2, -0.15) is 4.52 Å². The van der Waals surface area contributed by atoms with E-state index in [1.54, 1.807) is 4.52 Å². The molecule has 1 fully saturated rings. The Morgan fingerprint density at radius 3 is 2.54 bits per heavy atom. The fourth-order valence-corrected chi connectivity index (χ4v) is 4.36. The van der Waals surface area contributed by atoms with E-state index in [9.17, 15) is 0 Å². The van der Waals surface area contributed by atoms with E-state index in [4.69, 9.17) is 19.3 Å². The molecule has 5 aromatic rings. The summed E-state index contributed by atoms with van der Waals surface area (Å²) < 4.78 is 13.1. The second-order valence-corrected chi connectivity index (χ2v) is 8.92. The van der Waals surface area contributed by atoms with Gasteiger partial charge in [0.15, 0.2) is 11.3 Å². The number of benzene rings is 1. The summed E-state index contributed by atoms with van der Waals surface area (Å²) in [6.07, 6.45) is 0. The van der Waals surface area contributed by atoms with Crippen molar-refractivity contribution in [2.75, 3.05) is 33.2 Å². The van der Waals surface area contributed by atoms with Crippen molar-refractivity contribution in [1.29, 1.82) is 0 Å². The van der Waals surface area contributed by atoms with E-state index in [0.29, 0.717) is 35.4 Å². The molecule has 178 valence electrons. The first-order chi connectivity index (χ1) is 17.1. The van der Waals surface area contributed by atoms with Gasteiger partial charge in [0, 0.05) is 49.6 Å². The van der Waals surface area contributed by atoms with E-state index in [1.807, 2.05) is 49.4 Å². The number of ether oxygens (including phenoxy) is 1. The molecule has 4 aromatic heterocycles. The highest BCUT2D eigenvalue weighted by Gasteiger charge is 2.19. The zero-order chi connectivity index (χ0) is 23.8. The highest BCUT2D eigenvalue weighted by Crippen LogP contribution is 2.29. The zero-order valence-electron chi connectivity index (χ0n) is 19.8. The van der Waals surface area contributed by atoms with Crippen LogP contribution in [0.5, 0.6) is 5.88 Å².